The Balaban J connectivity index is 1.66. The highest BCUT2D eigenvalue weighted by Crippen LogP contribution is 2.12. The number of aliphatic hydroxyl groups is 1. The third-order valence-electron chi connectivity index (χ3n) is 3.94. The maximum atomic E-state index is 12.7. The van der Waals surface area contributed by atoms with Gasteiger partial charge in [0.15, 0.2) is 0 Å². The number of amides is 1. The Bertz CT molecular complexity index is 648. The third kappa shape index (κ3) is 3.75. The first-order chi connectivity index (χ1) is 11.1. The molecule has 1 fully saturated rings. The molecule has 0 spiro atoms. The standard InChI is InChI=1S/C16H21N5O2/c1-13(22)11-19-6-8-20(9-7-19)16(23)14-2-3-18-15(10-14)21-5-4-17-12-21/h2-5,10,12-13,22H,6-9,11H2,1H3. The minimum absolute atomic E-state index is 0.0189. The van der Waals surface area contributed by atoms with Gasteiger partial charge in [-0.05, 0) is 19.1 Å². The van der Waals surface area contributed by atoms with Crippen LogP contribution in [0.5, 0.6) is 0 Å². The molecule has 0 radical (unpaired) electrons. The molecule has 1 aliphatic heterocycles. The number of imidazole rings is 1. The van der Waals surface area contributed by atoms with Gasteiger partial charge in [0.2, 0.25) is 0 Å². The summed E-state index contributed by atoms with van der Waals surface area (Å²) < 4.78 is 1.78. The minimum Gasteiger partial charge on any atom is -0.392 e. The highest BCUT2D eigenvalue weighted by molar-refractivity contribution is 5.94. The van der Waals surface area contributed by atoms with Crippen molar-refractivity contribution in [3.63, 3.8) is 0 Å². The van der Waals surface area contributed by atoms with E-state index in [2.05, 4.69) is 14.9 Å². The number of aliphatic hydroxyl groups excluding tert-OH is 1. The summed E-state index contributed by atoms with van der Waals surface area (Å²) in [5, 5.41) is 9.44. The van der Waals surface area contributed by atoms with E-state index in [9.17, 15) is 9.90 Å². The molecule has 1 unspecified atom stereocenters. The summed E-state index contributed by atoms with van der Waals surface area (Å²) in [6.07, 6.45) is 6.44. The Hall–Kier alpha value is -2.25. The van der Waals surface area contributed by atoms with Crippen molar-refractivity contribution in [3.05, 3.63) is 42.6 Å². The molecule has 0 bridgehead atoms. The number of hydrogen-bond acceptors (Lipinski definition) is 5. The number of hydrogen-bond donors (Lipinski definition) is 1. The molecule has 23 heavy (non-hydrogen) atoms. The van der Waals surface area contributed by atoms with Gasteiger partial charge in [0, 0.05) is 56.9 Å². The van der Waals surface area contributed by atoms with E-state index < -0.39 is 0 Å². The topological polar surface area (TPSA) is 74.5 Å². The number of pyridine rings is 1. The highest BCUT2D eigenvalue weighted by Gasteiger charge is 2.23. The number of carbonyl (C=O) groups excluding carboxylic acids is 1. The largest absolute Gasteiger partial charge is 0.392 e. The number of rotatable bonds is 4. The van der Waals surface area contributed by atoms with E-state index in [1.807, 2.05) is 4.90 Å². The summed E-state index contributed by atoms with van der Waals surface area (Å²) in [5.74, 6) is 0.701. The lowest BCUT2D eigenvalue weighted by Gasteiger charge is -2.35. The van der Waals surface area contributed by atoms with Crippen LogP contribution in [0.25, 0.3) is 5.82 Å². The van der Waals surface area contributed by atoms with E-state index >= 15 is 0 Å². The van der Waals surface area contributed by atoms with Gasteiger partial charge in [-0.15, -0.1) is 0 Å². The number of aromatic nitrogens is 3. The van der Waals surface area contributed by atoms with Crippen molar-refractivity contribution >= 4 is 5.91 Å². The van der Waals surface area contributed by atoms with Crippen LogP contribution < -0.4 is 0 Å². The van der Waals surface area contributed by atoms with E-state index in [1.165, 1.54) is 0 Å². The quantitative estimate of drug-likeness (QED) is 0.884. The van der Waals surface area contributed by atoms with Gasteiger partial charge in [-0.2, -0.15) is 0 Å². The van der Waals surface area contributed by atoms with Crippen LogP contribution in [0.1, 0.15) is 17.3 Å². The molecule has 7 heteroatoms. The Kier molecular flexibility index (Phi) is 4.68. The molecule has 0 aromatic carbocycles. The van der Waals surface area contributed by atoms with E-state index in [4.69, 9.17) is 0 Å². The van der Waals surface area contributed by atoms with Crippen LogP contribution in [0.4, 0.5) is 0 Å². The summed E-state index contributed by atoms with van der Waals surface area (Å²) in [4.78, 5) is 25.0. The molecule has 0 saturated carbocycles. The third-order valence-corrected chi connectivity index (χ3v) is 3.94. The zero-order valence-corrected chi connectivity index (χ0v) is 13.2. The van der Waals surface area contributed by atoms with Crippen molar-refractivity contribution in [2.45, 2.75) is 13.0 Å². The molecule has 7 nitrogen and oxygen atoms in total. The fraction of sp³-hybridized carbons (Fsp3) is 0.438. The van der Waals surface area contributed by atoms with Crippen molar-refractivity contribution < 1.29 is 9.90 Å². The first-order valence-corrected chi connectivity index (χ1v) is 7.77. The Morgan fingerprint density at radius 3 is 2.74 bits per heavy atom. The minimum atomic E-state index is -0.338. The van der Waals surface area contributed by atoms with Crippen LogP contribution in [0, 0.1) is 0 Å². The van der Waals surface area contributed by atoms with Gasteiger partial charge in [0.1, 0.15) is 12.1 Å². The average Bonchev–Trinajstić information content (AvgIpc) is 3.09. The smallest absolute Gasteiger partial charge is 0.254 e. The van der Waals surface area contributed by atoms with E-state index in [-0.39, 0.29) is 12.0 Å². The second-order valence-corrected chi connectivity index (χ2v) is 5.81. The van der Waals surface area contributed by atoms with Crippen LogP contribution in [-0.4, -0.2) is 74.2 Å². The van der Waals surface area contributed by atoms with Crippen LogP contribution in [0.15, 0.2) is 37.1 Å². The molecule has 122 valence electrons. The van der Waals surface area contributed by atoms with Crippen molar-refractivity contribution in [2.75, 3.05) is 32.7 Å². The molecule has 0 aliphatic carbocycles. The summed E-state index contributed by atoms with van der Waals surface area (Å²) >= 11 is 0. The maximum absolute atomic E-state index is 12.7. The fourth-order valence-corrected chi connectivity index (χ4v) is 2.78. The van der Waals surface area contributed by atoms with Gasteiger partial charge in [-0.1, -0.05) is 0 Å². The van der Waals surface area contributed by atoms with E-state index in [0.29, 0.717) is 31.0 Å². The molecular weight excluding hydrogens is 294 g/mol. The van der Waals surface area contributed by atoms with E-state index in [0.717, 1.165) is 13.1 Å². The fourth-order valence-electron chi connectivity index (χ4n) is 2.78. The first kappa shape index (κ1) is 15.6. The Labute approximate surface area is 135 Å². The Morgan fingerprint density at radius 2 is 2.09 bits per heavy atom. The highest BCUT2D eigenvalue weighted by atomic mass is 16.3. The zero-order valence-electron chi connectivity index (χ0n) is 13.2. The summed E-state index contributed by atoms with van der Waals surface area (Å²) in [7, 11) is 0. The number of nitrogens with zero attached hydrogens (tertiary/aromatic N) is 5. The summed E-state index contributed by atoms with van der Waals surface area (Å²) in [6.45, 7) is 5.36. The molecule has 1 saturated heterocycles. The van der Waals surface area contributed by atoms with Gasteiger partial charge in [-0.3, -0.25) is 14.3 Å². The van der Waals surface area contributed by atoms with Crippen LogP contribution >= 0.6 is 0 Å². The van der Waals surface area contributed by atoms with Crippen LogP contribution in [-0.2, 0) is 0 Å². The molecule has 1 aliphatic rings. The SMILES string of the molecule is CC(O)CN1CCN(C(=O)c2ccnc(-n3ccnc3)c2)CC1. The molecule has 2 aromatic heterocycles. The van der Waals surface area contributed by atoms with Crippen molar-refractivity contribution in [1.29, 1.82) is 0 Å². The number of carbonyl (C=O) groups is 1. The zero-order chi connectivity index (χ0) is 16.2. The van der Waals surface area contributed by atoms with Gasteiger partial charge in [0.05, 0.1) is 6.10 Å². The molecule has 1 N–H and O–H groups in total. The van der Waals surface area contributed by atoms with Crippen molar-refractivity contribution in [2.24, 2.45) is 0 Å². The van der Waals surface area contributed by atoms with Gasteiger partial charge in [0.25, 0.3) is 5.91 Å². The lowest BCUT2D eigenvalue weighted by Crippen LogP contribution is -2.50. The average molecular weight is 315 g/mol. The lowest BCUT2D eigenvalue weighted by atomic mass is 10.2. The molecule has 2 aromatic rings. The van der Waals surface area contributed by atoms with Crippen LogP contribution in [0.2, 0.25) is 0 Å². The van der Waals surface area contributed by atoms with Gasteiger partial charge < -0.3 is 10.0 Å². The maximum Gasteiger partial charge on any atom is 0.254 e. The first-order valence-electron chi connectivity index (χ1n) is 7.77. The van der Waals surface area contributed by atoms with E-state index in [1.54, 1.807) is 48.5 Å². The number of piperazine rings is 1. The number of β-amino-alcohol motifs (C(OH)–C–C–N with tert-alkyl or cyclic N) is 1. The predicted octanol–water partition coefficient (Wildman–Crippen LogP) is 0.406. The van der Waals surface area contributed by atoms with Crippen molar-refractivity contribution in [3.8, 4) is 5.82 Å². The normalized spacial score (nSPS) is 17.2. The van der Waals surface area contributed by atoms with Crippen LogP contribution in [0.3, 0.4) is 0 Å². The van der Waals surface area contributed by atoms with Gasteiger partial charge >= 0.3 is 0 Å². The van der Waals surface area contributed by atoms with Gasteiger partial charge in [-0.25, -0.2) is 9.97 Å². The second-order valence-electron chi connectivity index (χ2n) is 5.81. The Morgan fingerprint density at radius 1 is 1.30 bits per heavy atom. The molecule has 1 atom stereocenters. The molecule has 3 heterocycles. The van der Waals surface area contributed by atoms with Crippen molar-refractivity contribution in [1.82, 2.24) is 24.3 Å². The molecular formula is C16H21N5O2. The summed E-state index contributed by atoms with van der Waals surface area (Å²) in [5.41, 5.74) is 0.632. The second kappa shape index (κ2) is 6.89. The lowest BCUT2D eigenvalue weighted by molar-refractivity contribution is 0.0554. The summed E-state index contributed by atoms with van der Waals surface area (Å²) in [6, 6.07) is 3.52. The molecule has 1 amide bonds. The monoisotopic (exact) mass is 315 g/mol. The predicted molar refractivity (Wildman–Crippen MR) is 85.4 cm³/mol. The molecule has 3 rings (SSSR count).